The molecule has 0 spiro atoms. The fraction of sp³-hybridized carbons (Fsp3) is 0.500. The topological polar surface area (TPSA) is 85.0 Å². The lowest BCUT2D eigenvalue weighted by Gasteiger charge is -2.31. The Hall–Kier alpha value is -2.31. The predicted molar refractivity (Wildman–Crippen MR) is 73.4 cm³/mol. The Morgan fingerprint density at radius 3 is 2.81 bits per heavy atom. The first kappa shape index (κ1) is 13.7. The Balaban J connectivity index is 1.54. The summed E-state index contributed by atoms with van der Waals surface area (Å²) in [5, 5.41) is 3.80. The molecule has 0 radical (unpaired) electrons. The van der Waals surface area contributed by atoms with E-state index in [4.69, 9.17) is 4.52 Å². The Bertz CT molecular complexity index is 605. The van der Waals surface area contributed by atoms with Crippen molar-refractivity contribution in [3.05, 3.63) is 36.0 Å². The maximum absolute atomic E-state index is 12.3. The normalized spacial score (nSPS) is 16.1. The molecule has 0 bridgehead atoms. The highest BCUT2D eigenvalue weighted by atomic mass is 16.5. The second-order valence-electron chi connectivity index (χ2n) is 5.27. The van der Waals surface area contributed by atoms with Crippen LogP contribution in [0.1, 0.15) is 35.0 Å². The van der Waals surface area contributed by atoms with Gasteiger partial charge in [0, 0.05) is 31.9 Å². The minimum Gasteiger partial charge on any atom is -0.339 e. The van der Waals surface area contributed by atoms with Gasteiger partial charge >= 0.3 is 0 Å². The third kappa shape index (κ3) is 3.24. The van der Waals surface area contributed by atoms with Crippen LogP contribution in [0.25, 0.3) is 0 Å². The summed E-state index contributed by atoms with van der Waals surface area (Å²) in [6.45, 7) is 3.27. The fourth-order valence-electron chi connectivity index (χ4n) is 2.58. The summed E-state index contributed by atoms with van der Waals surface area (Å²) in [6, 6.07) is 0. The molecule has 1 saturated heterocycles. The Labute approximate surface area is 122 Å². The number of aromatic nitrogens is 4. The molecule has 0 saturated carbocycles. The molecule has 0 unspecified atom stereocenters. The van der Waals surface area contributed by atoms with Gasteiger partial charge in [-0.25, -0.2) is 4.98 Å². The van der Waals surface area contributed by atoms with E-state index in [0.29, 0.717) is 23.3 Å². The number of hydrogen-bond acceptors (Lipinski definition) is 6. The zero-order valence-electron chi connectivity index (χ0n) is 11.9. The summed E-state index contributed by atoms with van der Waals surface area (Å²) in [4.78, 5) is 26.3. The molecule has 0 atom stereocenters. The standard InChI is InChI=1S/C14H17N5O2/c1-10-17-13(21-18-10)8-11-2-6-19(7-3-11)14(20)12-9-15-4-5-16-12/h4-5,9,11H,2-3,6-8H2,1H3. The zero-order valence-corrected chi connectivity index (χ0v) is 11.9. The van der Waals surface area contributed by atoms with Crippen molar-refractivity contribution in [3.63, 3.8) is 0 Å². The molecule has 1 amide bonds. The molecule has 1 aliphatic rings. The van der Waals surface area contributed by atoms with E-state index in [0.717, 1.165) is 32.4 Å². The molecule has 2 aromatic rings. The lowest BCUT2D eigenvalue weighted by Crippen LogP contribution is -2.39. The van der Waals surface area contributed by atoms with Gasteiger partial charge in [0.25, 0.3) is 5.91 Å². The van der Waals surface area contributed by atoms with E-state index in [1.807, 2.05) is 11.8 Å². The number of hydrogen-bond donors (Lipinski definition) is 0. The van der Waals surface area contributed by atoms with Crippen LogP contribution in [0.2, 0.25) is 0 Å². The van der Waals surface area contributed by atoms with E-state index in [-0.39, 0.29) is 5.91 Å². The van der Waals surface area contributed by atoms with Crippen LogP contribution in [0.3, 0.4) is 0 Å². The van der Waals surface area contributed by atoms with Crippen LogP contribution >= 0.6 is 0 Å². The zero-order chi connectivity index (χ0) is 14.7. The highest BCUT2D eigenvalue weighted by Gasteiger charge is 2.25. The molecule has 0 aromatic carbocycles. The number of piperidine rings is 1. The van der Waals surface area contributed by atoms with E-state index in [2.05, 4.69) is 20.1 Å². The summed E-state index contributed by atoms with van der Waals surface area (Å²) >= 11 is 0. The van der Waals surface area contributed by atoms with E-state index >= 15 is 0 Å². The van der Waals surface area contributed by atoms with Gasteiger partial charge in [-0.1, -0.05) is 5.16 Å². The molecule has 2 aromatic heterocycles. The molecule has 7 nitrogen and oxygen atoms in total. The third-order valence-electron chi connectivity index (χ3n) is 3.72. The lowest BCUT2D eigenvalue weighted by atomic mass is 9.93. The van der Waals surface area contributed by atoms with E-state index in [1.165, 1.54) is 12.4 Å². The number of carbonyl (C=O) groups is 1. The van der Waals surface area contributed by atoms with Crippen molar-refractivity contribution in [2.75, 3.05) is 13.1 Å². The number of likely N-dealkylation sites (tertiary alicyclic amines) is 1. The van der Waals surface area contributed by atoms with E-state index in [1.54, 1.807) is 6.20 Å². The van der Waals surface area contributed by atoms with Crippen LogP contribution in [0.15, 0.2) is 23.1 Å². The molecule has 3 rings (SSSR count). The SMILES string of the molecule is Cc1noc(CC2CCN(C(=O)c3cnccn3)CC2)n1. The first-order chi connectivity index (χ1) is 10.2. The summed E-state index contributed by atoms with van der Waals surface area (Å²) in [5.41, 5.74) is 0.406. The average molecular weight is 287 g/mol. The Morgan fingerprint density at radius 1 is 1.38 bits per heavy atom. The smallest absolute Gasteiger partial charge is 0.274 e. The molecule has 110 valence electrons. The van der Waals surface area contributed by atoms with Gasteiger partial charge in [0.2, 0.25) is 5.89 Å². The van der Waals surface area contributed by atoms with Crippen LogP contribution in [-0.4, -0.2) is 44.0 Å². The maximum atomic E-state index is 12.3. The maximum Gasteiger partial charge on any atom is 0.274 e. The largest absolute Gasteiger partial charge is 0.339 e. The Kier molecular flexibility index (Phi) is 3.89. The van der Waals surface area contributed by atoms with Crippen LogP contribution in [0.4, 0.5) is 0 Å². The second-order valence-corrected chi connectivity index (χ2v) is 5.27. The molecule has 0 aliphatic carbocycles. The molecule has 3 heterocycles. The predicted octanol–water partition coefficient (Wildman–Crippen LogP) is 1.26. The van der Waals surface area contributed by atoms with Gasteiger partial charge in [0.15, 0.2) is 5.82 Å². The molecular weight excluding hydrogens is 270 g/mol. The minimum atomic E-state index is -0.0461. The van der Waals surface area contributed by atoms with Crippen molar-refractivity contribution in [1.29, 1.82) is 0 Å². The molecule has 7 heteroatoms. The highest BCUT2D eigenvalue weighted by Crippen LogP contribution is 2.21. The molecule has 0 N–H and O–H groups in total. The van der Waals surface area contributed by atoms with Gasteiger partial charge in [0.05, 0.1) is 6.20 Å². The van der Waals surface area contributed by atoms with Crippen molar-refractivity contribution in [2.45, 2.75) is 26.2 Å². The number of amides is 1. The third-order valence-corrected chi connectivity index (χ3v) is 3.72. The van der Waals surface area contributed by atoms with Gasteiger partial charge in [-0.3, -0.25) is 9.78 Å². The average Bonchev–Trinajstić information content (AvgIpc) is 2.93. The number of rotatable bonds is 3. The fourth-order valence-corrected chi connectivity index (χ4v) is 2.58. The van der Waals surface area contributed by atoms with Gasteiger partial charge in [-0.2, -0.15) is 4.98 Å². The monoisotopic (exact) mass is 287 g/mol. The summed E-state index contributed by atoms with van der Waals surface area (Å²) in [6.07, 6.45) is 7.28. The quantitative estimate of drug-likeness (QED) is 0.845. The van der Waals surface area contributed by atoms with Gasteiger partial charge in [-0.15, -0.1) is 0 Å². The van der Waals surface area contributed by atoms with Gasteiger partial charge in [0.1, 0.15) is 5.69 Å². The number of carbonyl (C=O) groups excluding carboxylic acids is 1. The van der Waals surface area contributed by atoms with Crippen LogP contribution < -0.4 is 0 Å². The van der Waals surface area contributed by atoms with E-state index in [9.17, 15) is 4.79 Å². The molecule has 1 aliphatic heterocycles. The minimum absolute atomic E-state index is 0.0461. The van der Waals surface area contributed by atoms with Crippen LogP contribution in [0.5, 0.6) is 0 Å². The van der Waals surface area contributed by atoms with Crippen molar-refractivity contribution in [1.82, 2.24) is 25.0 Å². The van der Waals surface area contributed by atoms with Crippen molar-refractivity contribution in [3.8, 4) is 0 Å². The first-order valence-corrected chi connectivity index (χ1v) is 7.07. The van der Waals surface area contributed by atoms with Crippen molar-refractivity contribution < 1.29 is 9.32 Å². The molecular formula is C14H17N5O2. The van der Waals surface area contributed by atoms with Crippen LogP contribution in [0, 0.1) is 12.8 Å². The second kappa shape index (κ2) is 5.99. The Morgan fingerprint density at radius 2 is 2.19 bits per heavy atom. The summed E-state index contributed by atoms with van der Waals surface area (Å²) in [7, 11) is 0. The van der Waals surface area contributed by atoms with Crippen LogP contribution in [-0.2, 0) is 6.42 Å². The van der Waals surface area contributed by atoms with Crippen molar-refractivity contribution in [2.24, 2.45) is 5.92 Å². The highest BCUT2D eigenvalue weighted by molar-refractivity contribution is 5.91. The summed E-state index contributed by atoms with van der Waals surface area (Å²) in [5.74, 6) is 1.79. The van der Waals surface area contributed by atoms with Gasteiger partial charge < -0.3 is 9.42 Å². The van der Waals surface area contributed by atoms with Crippen molar-refractivity contribution >= 4 is 5.91 Å². The molecule has 21 heavy (non-hydrogen) atoms. The van der Waals surface area contributed by atoms with E-state index < -0.39 is 0 Å². The van der Waals surface area contributed by atoms with Gasteiger partial charge in [-0.05, 0) is 25.7 Å². The first-order valence-electron chi connectivity index (χ1n) is 7.07. The number of nitrogens with zero attached hydrogens (tertiary/aromatic N) is 5. The summed E-state index contributed by atoms with van der Waals surface area (Å²) < 4.78 is 5.15. The molecule has 1 fully saturated rings. The lowest BCUT2D eigenvalue weighted by molar-refractivity contribution is 0.0681. The number of aryl methyl sites for hydroxylation is 1.